The molecule has 2 aliphatic heterocycles. The molecule has 0 radical (unpaired) electrons. The van der Waals surface area contributed by atoms with Crippen molar-refractivity contribution in [3.63, 3.8) is 0 Å². The first-order chi connectivity index (χ1) is 34.5. The zero-order valence-electron chi connectivity index (χ0n) is 41.0. The average molecular weight is 1040 g/mol. The third-order valence-corrected chi connectivity index (χ3v) is 14.0. The first-order valence-corrected chi connectivity index (χ1v) is 24.7. The Kier molecular flexibility index (Phi) is 16.4. The number of hydrogen-bond donors (Lipinski definition) is 4. The standard InChI is InChI=1S/C53H56F3N7O8S2/c1-31-45(73-30-59-31)35-9-7-32(8-10-35)26-58-47(67)43-24-40(65)27-61(43)48(68)46(51(2,3)4)60-44(66)29-70-28-39(64)21-22-71-41-19-14-34(15-20-41)33-11-16-37(17-12-33)63-50(72)62(49(69)52(63,5)6)38-18-13-36(25-57)42(23-38)53(54,55)56/h7-20,23,30,39-40,43,46,64-65H,21-22,24,26-29H2,1-6H3,(H,58,67)(H,60,66)/t39-,40+,43-,46+/m0/s1. The van der Waals surface area contributed by atoms with Crippen LogP contribution >= 0.6 is 23.6 Å². The van der Waals surface area contributed by atoms with E-state index in [-0.39, 0.29) is 49.9 Å². The predicted octanol–water partition coefficient (Wildman–Crippen LogP) is 7.55. The fraction of sp³-hybridized carbons (Fsp3) is 0.377. The number of amides is 4. The van der Waals surface area contributed by atoms with E-state index in [9.17, 15) is 47.8 Å². The Labute approximate surface area is 430 Å². The summed E-state index contributed by atoms with van der Waals surface area (Å²) in [4.78, 5) is 63.5. The van der Waals surface area contributed by atoms with Gasteiger partial charge in [-0.1, -0.05) is 69.3 Å². The number of thiazole rings is 1. The minimum absolute atomic E-state index is 0.0155. The third kappa shape index (κ3) is 12.4. The number of aliphatic hydroxyl groups excluding tert-OH is 2. The highest BCUT2D eigenvalue weighted by atomic mass is 32.1. The molecular weight excluding hydrogens is 984 g/mol. The molecular formula is C53H56F3N7O8S2. The molecule has 4 N–H and O–H groups in total. The van der Waals surface area contributed by atoms with E-state index in [4.69, 9.17) is 21.7 Å². The molecule has 1 aromatic heterocycles. The first kappa shape index (κ1) is 54.0. The van der Waals surface area contributed by atoms with E-state index in [1.807, 2.05) is 55.5 Å². The summed E-state index contributed by atoms with van der Waals surface area (Å²) in [5, 5.41) is 36.0. The third-order valence-electron chi connectivity index (χ3n) is 12.6. The van der Waals surface area contributed by atoms with Crippen molar-refractivity contribution in [1.82, 2.24) is 20.5 Å². The number of nitriles is 1. The summed E-state index contributed by atoms with van der Waals surface area (Å²) >= 11 is 7.21. The highest BCUT2D eigenvalue weighted by molar-refractivity contribution is 7.81. The van der Waals surface area contributed by atoms with Crippen LogP contribution in [0.1, 0.15) is 69.8 Å². The van der Waals surface area contributed by atoms with Crippen LogP contribution in [0.15, 0.2) is 96.5 Å². The van der Waals surface area contributed by atoms with Gasteiger partial charge in [0.1, 0.15) is 30.0 Å². The van der Waals surface area contributed by atoms with E-state index in [1.54, 1.807) is 86.7 Å². The number of aliphatic hydroxyl groups is 2. The molecule has 15 nitrogen and oxygen atoms in total. The number of nitrogens with zero attached hydrogens (tertiary/aromatic N) is 5. The van der Waals surface area contributed by atoms with Crippen LogP contribution < -0.4 is 25.2 Å². The summed E-state index contributed by atoms with van der Waals surface area (Å²) in [7, 11) is 0. The summed E-state index contributed by atoms with van der Waals surface area (Å²) in [6.45, 7) is 10.2. The topological polar surface area (TPSA) is 198 Å². The molecule has 4 atom stereocenters. The molecule has 4 aromatic carbocycles. The number of aromatic nitrogens is 1. The number of nitrogens with one attached hydrogen (secondary N) is 2. The van der Waals surface area contributed by atoms with Crippen molar-refractivity contribution in [3.8, 4) is 33.4 Å². The molecule has 20 heteroatoms. The number of carbonyl (C=O) groups is 4. The van der Waals surface area contributed by atoms with E-state index in [0.717, 1.165) is 49.9 Å². The molecule has 384 valence electrons. The van der Waals surface area contributed by atoms with Gasteiger partial charge in [0, 0.05) is 31.6 Å². The van der Waals surface area contributed by atoms with Gasteiger partial charge in [-0.05, 0) is 103 Å². The summed E-state index contributed by atoms with van der Waals surface area (Å²) in [5.74, 6) is -1.53. The first-order valence-electron chi connectivity index (χ1n) is 23.4. The fourth-order valence-electron chi connectivity index (χ4n) is 8.67. The number of β-amino-alcohol motifs (C(OH)–C–C–N with tert-alkyl or cyclic N) is 1. The SMILES string of the molecule is Cc1ncsc1-c1ccc(CNC(=O)[C@@H]2C[C@@H](O)CN2C(=O)[C@@H](NC(=O)COC[C@@H](O)CCOc2ccc(-c3ccc(N4C(=S)N(c5ccc(C#N)c(C(F)(F)F)c5)C(=O)C4(C)C)cc3)cc2)C(C)(C)C)cc1. The minimum atomic E-state index is -4.82. The van der Waals surface area contributed by atoms with Crippen LogP contribution in [0.4, 0.5) is 24.5 Å². The molecule has 0 spiro atoms. The van der Waals surface area contributed by atoms with Gasteiger partial charge in [0.25, 0.3) is 5.91 Å². The predicted molar refractivity (Wildman–Crippen MR) is 273 cm³/mol. The molecule has 0 saturated carbocycles. The number of carbonyl (C=O) groups excluding carboxylic acids is 4. The quantitative estimate of drug-likeness (QED) is 0.0669. The molecule has 2 aliphatic rings. The number of hydrogen-bond acceptors (Lipinski definition) is 12. The number of likely N-dealkylation sites (tertiary alicyclic amines) is 1. The van der Waals surface area contributed by atoms with Crippen LogP contribution in [-0.4, -0.2) is 105 Å². The Morgan fingerprint density at radius 1 is 0.973 bits per heavy atom. The Morgan fingerprint density at radius 3 is 2.21 bits per heavy atom. The largest absolute Gasteiger partial charge is 0.493 e. The van der Waals surface area contributed by atoms with Gasteiger partial charge in [0.05, 0.1) is 64.4 Å². The van der Waals surface area contributed by atoms with Crippen LogP contribution in [0.5, 0.6) is 5.75 Å². The van der Waals surface area contributed by atoms with Crippen LogP contribution in [0.3, 0.4) is 0 Å². The van der Waals surface area contributed by atoms with E-state index in [0.29, 0.717) is 11.4 Å². The van der Waals surface area contributed by atoms with Gasteiger partial charge in [-0.3, -0.25) is 24.1 Å². The number of thiocarbonyl (C=S) groups is 1. The lowest BCUT2D eigenvalue weighted by Gasteiger charge is -2.35. The number of alkyl halides is 3. The molecule has 73 heavy (non-hydrogen) atoms. The lowest BCUT2D eigenvalue weighted by atomic mass is 9.85. The van der Waals surface area contributed by atoms with E-state index >= 15 is 0 Å². The van der Waals surface area contributed by atoms with E-state index in [1.165, 1.54) is 11.0 Å². The second-order valence-electron chi connectivity index (χ2n) is 19.5. The maximum atomic E-state index is 14.0. The maximum Gasteiger partial charge on any atom is 0.417 e. The Morgan fingerprint density at radius 2 is 1.60 bits per heavy atom. The zero-order valence-corrected chi connectivity index (χ0v) is 42.7. The van der Waals surface area contributed by atoms with Gasteiger partial charge < -0.3 is 40.1 Å². The molecule has 5 aromatic rings. The van der Waals surface area contributed by atoms with Gasteiger partial charge in [-0.2, -0.15) is 18.4 Å². The number of rotatable bonds is 17. The molecule has 0 unspecified atom stereocenters. The lowest BCUT2D eigenvalue weighted by Crippen LogP contribution is -2.58. The minimum Gasteiger partial charge on any atom is -0.493 e. The number of benzene rings is 4. The number of anilines is 2. The smallest absolute Gasteiger partial charge is 0.417 e. The van der Waals surface area contributed by atoms with Crippen molar-refractivity contribution in [2.45, 2.75) is 96.9 Å². The zero-order chi connectivity index (χ0) is 53.0. The number of aryl methyl sites for hydroxylation is 1. The van der Waals surface area contributed by atoms with Crippen molar-refractivity contribution in [1.29, 1.82) is 5.26 Å². The van der Waals surface area contributed by atoms with Crippen molar-refractivity contribution in [2.24, 2.45) is 5.41 Å². The molecule has 4 amide bonds. The normalized spacial score (nSPS) is 17.6. The number of halogens is 3. The van der Waals surface area contributed by atoms with Gasteiger partial charge >= 0.3 is 6.18 Å². The van der Waals surface area contributed by atoms with Gasteiger partial charge in [-0.25, -0.2) is 4.98 Å². The van der Waals surface area contributed by atoms with E-state index < -0.39 is 82.8 Å². The van der Waals surface area contributed by atoms with Crippen LogP contribution in [0.25, 0.3) is 21.6 Å². The van der Waals surface area contributed by atoms with Crippen molar-refractivity contribution >= 4 is 63.7 Å². The molecule has 0 aliphatic carbocycles. The second-order valence-corrected chi connectivity index (χ2v) is 20.7. The van der Waals surface area contributed by atoms with Gasteiger partial charge in [0.2, 0.25) is 17.7 Å². The Hall–Kier alpha value is -6.76. The maximum absolute atomic E-state index is 14.0. The number of ether oxygens (including phenoxy) is 2. The Bertz CT molecular complexity index is 2880. The average Bonchev–Trinajstić information content (AvgIpc) is 4.01. The molecule has 0 bridgehead atoms. The van der Waals surface area contributed by atoms with Crippen LogP contribution in [-0.2, 0) is 36.6 Å². The van der Waals surface area contributed by atoms with Gasteiger partial charge in [-0.15, -0.1) is 11.3 Å². The highest BCUT2D eigenvalue weighted by Gasteiger charge is 2.51. The molecule has 2 saturated heterocycles. The van der Waals surface area contributed by atoms with Crippen LogP contribution in [0, 0.1) is 23.7 Å². The molecule has 7 rings (SSSR count). The van der Waals surface area contributed by atoms with E-state index in [2.05, 4.69) is 15.6 Å². The van der Waals surface area contributed by atoms with Crippen molar-refractivity contribution in [3.05, 3.63) is 119 Å². The highest BCUT2D eigenvalue weighted by Crippen LogP contribution is 2.40. The summed E-state index contributed by atoms with van der Waals surface area (Å²) in [6.07, 6.45) is -6.49. The van der Waals surface area contributed by atoms with Gasteiger partial charge in [0.15, 0.2) is 5.11 Å². The fourth-order valence-corrected chi connectivity index (χ4v) is 10.0. The van der Waals surface area contributed by atoms with Crippen molar-refractivity contribution < 1.29 is 52.0 Å². The second kappa shape index (κ2) is 22.2. The molecule has 2 fully saturated rings. The summed E-state index contributed by atoms with van der Waals surface area (Å²) in [5.41, 5.74) is 2.95. The monoisotopic (exact) mass is 1040 g/mol. The summed E-state index contributed by atoms with van der Waals surface area (Å²) in [6, 6.07) is 24.7. The molecule has 3 heterocycles. The van der Waals surface area contributed by atoms with Crippen LogP contribution in [0.2, 0.25) is 0 Å². The summed E-state index contributed by atoms with van der Waals surface area (Å²) < 4.78 is 52.7. The Balaban J connectivity index is 0.855. The van der Waals surface area contributed by atoms with Crippen molar-refractivity contribution in [2.75, 3.05) is 36.2 Å². The lowest BCUT2D eigenvalue weighted by molar-refractivity contribution is -0.144.